The number of rotatable bonds is 5. The largest absolute Gasteiger partial charge is 0.494 e. The van der Waals surface area contributed by atoms with E-state index >= 15 is 0 Å². The predicted octanol–water partition coefficient (Wildman–Crippen LogP) is 2.26. The zero-order chi connectivity index (χ0) is 11.9. The van der Waals surface area contributed by atoms with Crippen LogP contribution < -0.4 is 10.1 Å². The number of benzene rings is 1. The number of nitrogens with one attached hydrogen (secondary N) is 1. The molecule has 1 aliphatic rings. The Balaban J connectivity index is 1.77. The van der Waals surface area contributed by atoms with Crippen LogP contribution in [0.3, 0.4) is 0 Å². The van der Waals surface area contributed by atoms with Gasteiger partial charge < -0.3 is 19.5 Å². The molecule has 0 amide bonds. The Morgan fingerprint density at radius 1 is 1.35 bits per heavy atom. The van der Waals surface area contributed by atoms with Gasteiger partial charge in [-0.1, -0.05) is 0 Å². The van der Waals surface area contributed by atoms with E-state index in [4.69, 9.17) is 14.2 Å². The first-order valence-electron chi connectivity index (χ1n) is 6.04. The van der Waals surface area contributed by atoms with Crippen molar-refractivity contribution in [2.45, 2.75) is 19.4 Å². The van der Waals surface area contributed by atoms with E-state index in [0.717, 1.165) is 31.0 Å². The van der Waals surface area contributed by atoms with Crippen LogP contribution in [-0.2, 0) is 9.47 Å². The van der Waals surface area contributed by atoms with Crippen molar-refractivity contribution >= 4 is 5.69 Å². The minimum atomic E-state index is 0.246. The second-order valence-electron chi connectivity index (χ2n) is 3.94. The SMILES string of the molecule is CCOc1ccc(NCC2CCOCO2)cc1. The van der Waals surface area contributed by atoms with Crippen molar-refractivity contribution < 1.29 is 14.2 Å². The number of hydrogen-bond acceptors (Lipinski definition) is 4. The molecule has 1 aromatic rings. The Morgan fingerprint density at radius 3 is 2.82 bits per heavy atom. The zero-order valence-corrected chi connectivity index (χ0v) is 10.1. The maximum atomic E-state index is 5.45. The van der Waals surface area contributed by atoms with Gasteiger partial charge in [-0.15, -0.1) is 0 Å². The summed E-state index contributed by atoms with van der Waals surface area (Å²) in [6.45, 7) is 4.69. The molecule has 1 aliphatic heterocycles. The van der Waals surface area contributed by atoms with Crippen LogP contribution >= 0.6 is 0 Å². The van der Waals surface area contributed by atoms with Gasteiger partial charge >= 0.3 is 0 Å². The normalized spacial score (nSPS) is 19.9. The highest BCUT2D eigenvalue weighted by Crippen LogP contribution is 2.16. The van der Waals surface area contributed by atoms with E-state index in [9.17, 15) is 0 Å². The van der Waals surface area contributed by atoms with Crippen molar-refractivity contribution in [3.8, 4) is 5.75 Å². The van der Waals surface area contributed by atoms with Crippen molar-refractivity contribution in [1.29, 1.82) is 0 Å². The minimum Gasteiger partial charge on any atom is -0.494 e. The lowest BCUT2D eigenvalue weighted by Crippen LogP contribution is -2.30. The monoisotopic (exact) mass is 237 g/mol. The molecule has 1 fully saturated rings. The molecule has 0 radical (unpaired) electrons. The molecule has 0 saturated carbocycles. The van der Waals surface area contributed by atoms with Gasteiger partial charge in [-0.25, -0.2) is 0 Å². The van der Waals surface area contributed by atoms with E-state index < -0.39 is 0 Å². The molecule has 4 heteroatoms. The lowest BCUT2D eigenvalue weighted by molar-refractivity contribution is -0.133. The molecule has 1 heterocycles. The molecule has 1 N–H and O–H groups in total. The van der Waals surface area contributed by atoms with Crippen LogP contribution in [0.4, 0.5) is 5.69 Å². The fourth-order valence-electron chi connectivity index (χ4n) is 1.73. The van der Waals surface area contributed by atoms with Crippen LogP contribution in [0.2, 0.25) is 0 Å². The topological polar surface area (TPSA) is 39.7 Å². The molecule has 1 saturated heterocycles. The zero-order valence-electron chi connectivity index (χ0n) is 10.1. The number of ether oxygens (including phenoxy) is 3. The van der Waals surface area contributed by atoms with Crippen LogP contribution in [0.1, 0.15) is 13.3 Å². The average molecular weight is 237 g/mol. The van der Waals surface area contributed by atoms with Gasteiger partial charge in [0.1, 0.15) is 12.5 Å². The van der Waals surface area contributed by atoms with E-state index in [1.54, 1.807) is 0 Å². The lowest BCUT2D eigenvalue weighted by atomic mass is 10.2. The van der Waals surface area contributed by atoms with Gasteiger partial charge in [0.25, 0.3) is 0 Å². The van der Waals surface area contributed by atoms with E-state index in [1.165, 1.54) is 0 Å². The molecule has 1 unspecified atom stereocenters. The fourth-order valence-corrected chi connectivity index (χ4v) is 1.73. The van der Waals surface area contributed by atoms with Crippen molar-refractivity contribution in [3.63, 3.8) is 0 Å². The second kappa shape index (κ2) is 6.47. The summed E-state index contributed by atoms with van der Waals surface area (Å²) in [4.78, 5) is 0. The van der Waals surface area contributed by atoms with Crippen molar-refractivity contribution in [2.24, 2.45) is 0 Å². The summed E-state index contributed by atoms with van der Waals surface area (Å²) in [7, 11) is 0. The number of hydrogen-bond donors (Lipinski definition) is 1. The fraction of sp³-hybridized carbons (Fsp3) is 0.538. The molecule has 94 valence electrons. The van der Waals surface area contributed by atoms with E-state index in [-0.39, 0.29) is 6.10 Å². The number of anilines is 1. The summed E-state index contributed by atoms with van der Waals surface area (Å²) in [5.74, 6) is 0.903. The third-order valence-corrected chi connectivity index (χ3v) is 2.67. The van der Waals surface area contributed by atoms with E-state index in [0.29, 0.717) is 13.4 Å². The Morgan fingerprint density at radius 2 is 2.18 bits per heavy atom. The Bertz CT molecular complexity index is 320. The molecule has 1 aromatic carbocycles. The highest BCUT2D eigenvalue weighted by Gasteiger charge is 2.13. The van der Waals surface area contributed by atoms with E-state index in [1.807, 2.05) is 31.2 Å². The molecule has 0 aliphatic carbocycles. The molecule has 1 atom stereocenters. The molecular formula is C13H19NO3. The lowest BCUT2D eigenvalue weighted by Gasteiger charge is -2.23. The first-order valence-corrected chi connectivity index (χ1v) is 6.04. The second-order valence-corrected chi connectivity index (χ2v) is 3.94. The Hall–Kier alpha value is -1.26. The van der Waals surface area contributed by atoms with Gasteiger partial charge in [-0.05, 0) is 37.6 Å². The standard InChI is InChI=1S/C13H19NO3/c1-2-16-12-5-3-11(4-6-12)14-9-13-7-8-15-10-17-13/h3-6,13-14H,2,7-10H2,1H3. The molecule has 17 heavy (non-hydrogen) atoms. The van der Waals surface area contributed by atoms with Crippen LogP contribution in [0, 0.1) is 0 Å². The predicted molar refractivity (Wildman–Crippen MR) is 66.4 cm³/mol. The smallest absolute Gasteiger partial charge is 0.147 e. The van der Waals surface area contributed by atoms with Crippen LogP contribution in [0.5, 0.6) is 5.75 Å². The van der Waals surface area contributed by atoms with E-state index in [2.05, 4.69) is 5.32 Å². The van der Waals surface area contributed by atoms with Gasteiger partial charge in [0.05, 0.1) is 19.3 Å². The first-order chi connectivity index (χ1) is 8.38. The van der Waals surface area contributed by atoms with Crippen molar-refractivity contribution in [1.82, 2.24) is 0 Å². The quantitative estimate of drug-likeness (QED) is 0.852. The van der Waals surface area contributed by atoms with Gasteiger partial charge in [-0.2, -0.15) is 0 Å². The summed E-state index contributed by atoms with van der Waals surface area (Å²) >= 11 is 0. The molecule has 2 rings (SSSR count). The van der Waals surface area contributed by atoms with Gasteiger partial charge in [0, 0.05) is 12.2 Å². The van der Waals surface area contributed by atoms with Crippen molar-refractivity contribution in [3.05, 3.63) is 24.3 Å². The first kappa shape index (κ1) is 12.2. The molecular weight excluding hydrogens is 218 g/mol. The molecule has 0 spiro atoms. The van der Waals surface area contributed by atoms with Crippen LogP contribution in [0.15, 0.2) is 24.3 Å². The Labute approximate surface area is 102 Å². The molecule has 0 bridgehead atoms. The summed E-state index contributed by atoms with van der Waals surface area (Å²) in [6, 6.07) is 7.97. The summed E-state index contributed by atoms with van der Waals surface area (Å²) in [5, 5.41) is 3.35. The maximum Gasteiger partial charge on any atom is 0.147 e. The highest BCUT2D eigenvalue weighted by molar-refractivity contribution is 5.46. The molecule has 0 aromatic heterocycles. The third kappa shape index (κ3) is 3.91. The van der Waals surface area contributed by atoms with Gasteiger partial charge in [-0.3, -0.25) is 0 Å². The third-order valence-electron chi connectivity index (χ3n) is 2.67. The average Bonchev–Trinajstić information content (AvgIpc) is 2.40. The van der Waals surface area contributed by atoms with Crippen LogP contribution in [0.25, 0.3) is 0 Å². The highest BCUT2D eigenvalue weighted by atomic mass is 16.7. The maximum absolute atomic E-state index is 5.45. The Kier molecular flexibility index (Phi) is 4.64. The summed E-state index contributed by atoms with van der Waals surface area (Å²) in [6.07, 6.45) is 1.19. The van der Waals surface area contributed by atoms with Gasteiger partial charge in [0.2, 0.25) is 0 Å². The summed E-state index contributed by atoms with van der Waals surface area (Å²) < 4.78 is 16.0. The molecule has 4 nitrogen and oxygen atoms in total. The summed E-state index contributed by atoms with van der Waals surface area (Å²) in [5.41, 5.74) is 1.09. The van der Waals surface area contributed by atoms with Crippen LogP contribution in [-0.4, -0.2) is 32.7 Å². The van der Waals surface area contributed by atoms with Crippen molar-refractivity contribution in [2.75, 3.05) is 31.9 Å². The minimum absolute atomic E-state index is 0.246. The van der Waals surface area contributed by atoms with Gasteiger partial charge in [0.15, 0.2) is 0 Å².